The van der Waals surface area contributed by atoms with Crippen molar-refractivity contribution < 1.29 is 19.1 Å². The summed E-state index contributed by atoms with van der Waals surface area (Å²) < 4.78 is 10.8. The topological polar surface area (TPSA) is 81.9 Å². The van der Waals surface area contributed by atoms with Crippen LogP contribution in [0.5, 0.6) is 0 Å². The van der Waals surface area contributed by atoms with Crippen molar-refractivity contribution in [1.29, 1.82) is 0 Å². The Morgan fingerprint density at radius 3 is 2.89 bits per heavy atom. The smallest absolute Gasteiger partial charge is 0.409 e. The van der Waals surface area contributed by atoms with E-state index in [-0.39, 0.29) is 24.6 Å². The molecule has 1 aliphatic heterocycles. The van der Waals surface area contributed by atoms with Gasteiger partial charge in [-0.1, -0.05) is 18.1 Å². The van der Waals surface area contributed by atoms with Crippen LogP contribution in [-0.4, -0.2) is 48.8 Å². The Morgan fingerprint density at radius 2 is 2.19 bits per heavy atom. The van der Waals surface area contributed by atoms with E-state index in [1.54, 1.807) is 4.90 Å². The van der Waals surface area contributed by atoms with Crippen LogP contribution in [0.1, 0.15) is 36.8 Å². The van der Waals surface area contributed by atoms with Gasteiger partial charge < -0.3 is 20.1 Å². The van der Waals surface area contributed by atoms with Crippen LogP contribution in [0.4, 0.5) is 4.79 Å². The number of carbonyl (C=O) groups is 2. The highest BCUT2D eigenvalue weighted by atomic mass is 16.6. The van der Waals surface area contributed by atoms with Crippen molar-refractivity contribution in [3.63, 3.8) is 0 Å². The Labute approximate surface area is 160 Å². The molecule has 1 heterocycles. The molecule has 0 radical (unpaired) electrons. The van der Waals surface area contributed by atoms with Crippen molar-refractivity contribution in [2.24, 2.45) is 11.7 Å². The Hall–Kier alpha value is -2.52. The molecule has 1 aromatic carbocycles. The summed E-state index contributed by atoms with van der Waals surface area (Å²) in [5.41, 5.74) is 6.57. The van der Waals surface area contributed by atoms with E-state index >= 15 is 0 Å². The average molecular weight is 370 g/mol. The molecule has 0 bridgehead atoms. The van der Waals surface area contributed by atoms with E-state index in [2.05, 4.69) is 11.8 Å². The van der Waals surface area contributed by atoms with Gasteiger partial charge in [-0.15, -0.1) is 0 Å². The molecule has 1 aromatic rings. The predicted molar refractivity (Wildman–Crippen MR) is 101 cm³/mol. The molecule has 2 fully saturated rings. The molecule has 144 valence electrons. The lowest BCUT2D eigenvalue weighted by Gasteiger charge is -2.42. The van der Waals surface area contributed by atoms with Crippen LogP contribution in [0.2, 0.25) is 0 Å². The summed E-state index contributed by atoms with van der Waals surface area (Å²) >= 11 is 0. The van der Waals surface area contributed by atoms with Crippen molar-refractivity contribution in [3.8, 4) is 11.8 Å². The summed E-state index contributed by atoms with van der Waals surface area (Å²) in [7, 11) is 1.39. The maximum absolute atomic E-state index is 12.1. The van der Waals surface area contributed by atoms with E-state index in [9.17, 15) is 9.59 Å². The monoisotopic (exact) mass is 370 g/mol. The number of hydrogen-bond donors (Lipinski definition) is 1. The number of ether oxygens (including phenoxy) is 2. The third-order valence-corrected chi connectivity index (χ3v) is 5.50. The van der Waals surface area contributed by atoms with Crippen LogP contribution in [-0.2, 0) is 14.3 Å². The first kappa shape index (κ1) is 19.2. The molecule has 3 rings (SSSR count). The van der Waals surface area contributed by atoms with Crippen LogP contribution in [0.15, 0.2) is 24.3 Å². The molecule has 1 amide bonds. The number of nitrogens with two attached hydrogens (primary N) is 1. The number of benzene rings is 1. The highest BCUT2D eigenvalue weighted by molar-refractivity contribution is 5.72. The number of methoxy groups -OCH3 is 1. The van der Waals surface area contributed by atoms with Gasteiger partial charge >= 0.3 is 12.1 Å². The third-order valence-electron chi connectivity index (χ3n) is 5.50. The van der Waals surface area contributed by atoms with Crippen molar-refractivity contribution in [1.82, 2.24) is 4.90 Å². The molecule has 2 N–H and O–H groups in total. The zero-order valence-electron chi connectivity index (χ0n) is 15.9. The van der Waals surface area contributed by atoms with Gasteiger partial charge in [-0.3, -0.25) is 4.79 Å². The number of fused-ring (bicyclic) bond motifs is 1. The maximum atomic E-state index is 12.1. The summed E-state index contributed by atoms with van der Waals surface area (Å²) in [6.45, 7) is 2.40. The van der Waals surface area contributed by atoms with Gasteiger partial charge in [0.2, 0.25) is 0 Å². The Morgan fingerprint density at radius 1 is 1.37 bits per heavy atom. The molecule has 1 aliphatic carbocycles. The molecule has 0 unspecified atom stereocenters. The third kappa shape index (κ3) is 3.93. The predicted octanol–water partition coefficient (Wildman–Crippen LogP) is 2.23. The molecular formula is C21H26N2O4. The first-order valence-corrected chi connectivity index (χ1v) is 9.35. The van der Waals surface area contributed by atoms with E-state index < -0.39 is 11.6 Å². The van der Waals surface area contributed by atoms with Gasteiger partial charge in [-0.05, 0) is 56.2 Å². The zero-order chi connectivity index (χ0) is 19.4. The fourth-order valence-electron chi connectivity index (χ4n) is 4.31. The lowest BCUT2D eigenvalue weighted by molar-refractivity contribution is -0.160. The fourth-order valence-corrected chi connectivity index (χ4v) is 4.31. The number of esters is 1. The lowest BCUT2D eigenvalue weighted by Crippen LogP contribution is -2.52. The Bertz CT molecular complexity index is 782. The van der Waals surface area contributed by atoms with Gasteiger partial charge in [0.1, 0.15) is 0 Å². The number of nitrogens with zero attached hydrogens (tertiary/aromatic N) is 1. The van der Waals surface area contributed by atoms with Crippen LogP contribution in [0.3, 0.4) is 0 Å². The minimum absolute atomic E-state index is 0.0383. The Balaban J connectivity index is 1.96. The standard InChI is InChI=1S/C21H26N2O4/c1-15-5-3-6-16(13-15)8-11-21(27-19(24)14-22)10-4-7-18-17(21)9-12-23(18)20(25)26-2/h3,5-6,13,17-18H,4,7,9-10,12,14,22H2,1-2H3/t17-,18-,21-/m1/s1. The molecule has 0 aromatic heterocycles. The normalized spacial score (nSPS) is 26.6. The molecule has 1 saturated heterocycles. The first-order chi connectivity index (χ1) is 13.0. The summed E-state index contributed by atoms with van der Waals surface area (Å²) in [5.74, 6) is 5.95. The molecule has 1 saturated carbocycles. The molecule has 6 nitrogen and oxygen atoms in total. The fraction of sp³-hybridized carbons (Fsp3) is 0.524. The second-order valence-corrected chi connectivity index (χ2v) is 7.21. The zero-order valence-corrected chi connectivity index (χ0v) is 15.9. The van der Waals surface area contributed by atoms with Crippen molar-refractivity contribution in [3.05, 3.63) is 35.4 Å². The minimum atomic E-state index is -0.925. The Kier molecular flexibility index (Phi) is 5.71. The van der Waals surface area contributed by atoms with E-state index in [0.29, 0.717) is 13.0 Å². The molecular weight excluding hydrogens is 344 g/mol. The second-order valence-electron chi connectivity index (χ2n) is 7.21. The van der Waals surface area contributed by atoms with Crippen LogP contribution >= 0.6 is 0 Å². The van der Waals surface area contributed by atoms with Crippen molar-refractivity contribution in [2.45, 2.75) is 44.2 Å². The second kappa shape index (κ2) is 8.01. The van der Waals surface area contributed by atoms with Crippen LogP contribution < -0.4 is 5.73 Å². The highest BCUT2D eigenvalue weighted by Gasteiger charge is 2.53. The van der Waals surface area contributed by atoms with Crippen molar-refractivity contribution >= 4 is 12.1 Å². The number of rotatable bonds is 2. The average Bonchev–Trinajstić information content (AvgIpc) is 3.11. The first-order valence-electron chi connectivity index (χ1n) is 9.35. The molecule has 3 atom stereocenters. The SMILES string of the molecule is COC(=O)N1CC[C@@H]2[C@H]1CCC[C@]2(C#Cc1cccc(C)c1)OC(=O)CN. The molecule has 27 heavy (non-hydrogen) atoms. The minimum Gasteiger partial charge on any atom is -0.453 e. The van der Waals surface area contributed by atoms with Gasteiger partial charge in [-0.25, -0.2) is 4.79 Å². The maximum Gasteiger partial charge on any atom is 0.409 e. The van der Waals surface area contributed by atoms with Gasteiger partial charge in [0, 0.05) is 24.1 Å². The van der Waals surface area contributed by atoms with Crippen molar-refractivity contribution in [2.75, 3.05) is 20.2 Å². The number of aryl methyl sites for hydroxylation is 1. The summed E-state index contributed by atoms with van der Waals surface area (Å²) in [5, 5.41) is 0. The molecule has 2 aliphatic rings. The number of hydrogen-bond acceptors (Lipinski definition) is 5. The van der Waals surface area contributed by atoms with Gasteiger partial charge in [0.25, 0.3) is 0 Å². The summed E-state index contributed by atoms with van der Waals surface area (Å²) in [4.78, 5) is 25.9. The van der Waals surface area contributed by atoms with E-state index in [1.165, 1.54) is 7.11 Å². The number of likely N-dealkylation sites (tertiary alicyclic amines) is 1. The van der Waals surface area contributed by atoms with Gasteiger partial charge in [0.15, 0.2) is 5.60 Å². The lowest BCUT2D eigenvalue weighted by atomic mass is 9.72. The van der Waals surface area contributed by atoms with Gasteiger partial charge in [0.05, 0.1) is 13.7 Å². The van der Waals surface area contributed by atoms with E-state index in [4.69, 9.17) is 15.2 Å². The van der Waals surface area contributed by atoms with Crippen LogP contribution in [0.25, 0.3) is 0 Å². The number of carbonyl (C=O) groups excluding carboxylic acids is 2. The quantitative estimate of drug-likeness (QED) is 0.638. The molecule has 0 spiro atoms. The largest absolute Gasteiger partial charge is 0.453 e. The van der Waals surface area contributed by atoms with E-state index in [1.807, 2.05) is 31.2 Å². The number of amides is 1. The summed E-state index contributed by atoms with van der Waals surface area (Å²) in [6.07, 6.45) is 2.70. The van der Waals surface area contributed by atoms with E-state index in [0.717, 1.165) is 30.4 Å². The highest BCUT2D eigenvalue weighted by Crippen LogP contribution is 2.45. The molecule has 6 heteroatoms. The van der Waals surface area contributed by atoms with Gasteiger partial charge in [-0.2, -0.15) is 0 Å². The van der Waals surface area contributed by atoms with Crippen LogP contribution in [0, 0.1) is 24.7 Å². The summed E-state index contributed by atoms with van der Waals surface area (Å²) in [6, 6.07) is 7.87.